The summed E-state index contributed by atoms with van der Waals surface area (Å²) >= 11 is 0. The van der Waals surface area contributed by atoms with Crippen molar-refractivity contribution in [2.45, 2.75) is 278 Å². The third kappa shape index (κ3) is 25.4. The predicted octanol–water partition coefficient (Wildman–Crippen LogP) is 13.6. The Bertz CT molecular complexity index is 1050. The fourth-order valence-corrected chi connectivity index (χ4v) is 9.36. The fraction of sp³-hybridized carbons (Fsp3) is 0.942. The van der Waals surface area contributed by atoms with Crippen LogP contribution in [0.5, 0.6) is 0 Å². The number of hydrogen-bond donors (Lipinski definition) is 0. The van der Waals surface area contributed by atoms with E-state index in [1.165, 1.54) is 128 Å². The molecule has 358 valence electrons. The number of esters is 3. The summed E-state index contributed by atoms with van der Waals surface area (Å²) in [5.74, 6) is -0.417. The summed E-state index contributed by atoms with van der Waals surface area (Å²) in [5.41, 5.74) is 0. The molecule has 3 heterocycles. The second-order valence-corrected chi connectivity index (χ2v) is 18.7. The Morgan fingerprint density at radius 2 is 0.885 bits per heavy atom. The van der Waals surface area contributed by atoms with Crippen molar-refractivity contribution in [2.75, 3.05) is 26.2 Å². The first kappa shape index (κ1) is 55.4. The van der Waals surface area contributed by atoms with Crippen LogP contribution in [0.2, 0.25) is 0 Å². The summed E-state index contributed by atoms with van der Waals surface area (Å²) < 4.78 is 31.1. The zero-order valence-corrected chi connectivity index (χ0v) is 40.7. The van der Waals surface area contributed by atoms with E-state index >= 15 is 0 Å². The highest BCUT2D eigenvalue weighted by atomic mass is 16.8. The van der Waals surface area contributed by atoms with Gasteiger partial charge in [0, 0.05) is 19.3 Å². The van der Waals surface area contributed by atoms with E-state index in [0.29, 0.717) is 19.3 Å². The molecule has 0 aromatic rings. The molecule has 3 aliphatic heterocycles. The molecule has 0 radical (unpaired) electrons. The first-order chi connectivity index (χ1) is 29.8. The molecular weight excluding hydrogens is 767 g/mol. The van der Waals surface area contributed by atoms with Gasteiger partial charge in [-0.1, -0.05) is 196 Å². The Labute approximate surface area is 375 Å². The topological polar surface area (TPSA) is 101 Å². The van der Waals surface area contributed by atoms with Crippen molar-refractivity contribution < 1.29 is 38.1 Å². The second kappa shape index (κ2) is 36.6. The Morgan fingerprint density at radius 1 is 0.492 bits per heavy atom. The molecule has 3 aliphatic rings. The van der Waals surface area contributed by atoms with Crippen LogP contribution in [-0.2, 0) is 38.1 Å². The molecule has 0 saturated carbocycles. The standard InChI is InChI=1S/C52H97NO8/c1-7-13-17-21-25-29-34-43(35-30-26-22-18-14-8-2)40-47(55)59-49-45-42-57-51(52(58-45)61-46(54)38-33-39-53(11-5)12-6)50(49)60-48(56)41-44(36-31-27-23-19-15-9-3)37-32-28-24-20-16-10-4/h43-45,49-52H,7-42H2,1-6H3. The molecular formula is C52H97NO8. The van der Waals surface area contributed by atoms with Crippen LogP contribution in [0.4, 0.5) is 0 Å². The van der Waals surface area contributed by atoms with Crippen LogP contribution in [0.15, 0.2) is 0 Å². The zero-order valence-electron chi connectivity index (χ0n) is 40.7. The van der Waals surface area contributed by atoms with Crippen molar-refractivity contribution in [3.8, 4) is 0 Å². The molecule has 9 heteroatoms. The molecule has 2 bridgehead atoms. The SMILES string of the molecule is CCCCCCCCC(CCCCCCCC)CC(=O)OC1C2COC(C(OC(=O)CCCN(CC)CC)O2)C1OC(=O)CC(CCCCCCCC)CCCCCCCC. The molecule has 0 amide bonds. The fourth-order valence-electron chi connectivity index (χ4n) is 9.36. The summed E-state index contributed by atoms with van der Waals surface area (Å²) in [7, 11) is 0. The number of fused-ring (bicyclic) bond motifs is 3. The largest absolute Gasteiger partial charge is 0.455 e. The van der Waals surface area contributed by atoms with E-state index in [9.17, 15) is 14.4 Å². The highest BCUT2D eigenvalue weighted by molar-refractivity contribution is 5.71. The minimum Gasteiger partial charge on any atom is -0.455 e. The lowest BCUT2D eigenvalue weighted by Crippen LogP contribution is -2.67. The van der Waals surface area contributed by atoms with Crippen LogP contribution in [0.3, 0.4) is 0 Å². The minimum atomic E-state index is -1.03. The molecule has 61 heavy (non-hydrogen) atoms. The summed E-state index contributed by atoms with van der Waals surface area (Å²) in [4.78, 5) is 43.3. The van der Waals surface area contributed by atoms with E-state index in [0.717, 1.165) is 71.0 Å². The van der Waals surface area contributed by atoms with E-state index in [1.807, 2.05) is 0 Å². The summed E-state index contributed by atoms with van der Waals surface area (Å²) in [5, 5.41) is 0. The molecule has 0 N–H and O–H groups in total. The molecule has 3 rings (SSSR count). The van der Waals surface area contributed by atoms with Crippen LogP contribution >= 0.6 is 0 Å². The number of nitrogens with zero attached hydrogens (tertiary/aromatic N) is 1. The van der Waals surface area contributed by atoms with Gasteiger partial charge >= 0.3 is 17.9 Å². The smallest absolute Gasteiger partial charge is 0.308 e. The van der Waals surface area contributed by atoms with Crippen molar-refractivity contribution in [2.24, 2.45) is 11.8 Å². The highest BCUT2D eigenvalue weighted by Gasteiger charge is 2.56. The van der Waals surface area contributed by atoms with Gasteiger partial charge in [-0.15, -0.1) is 0 Å². The van der Waals surface area contributed by atoms with Crippen LogP contribution in [-0.4, -0.2) is 79.8 Å². The van der Waals surface area contributed by atoms with Crippen molar-refractivity contribution >= 4 is 17.9 Å². The number of carbonyl (C=O) groups excluding carboxylic acids is 3. The first-order valence-corrected chi connectivity index (χ1v) is 26.4. The number of unbranched alkanes of at least 4 members (excludes halogenated alkanes) is 20. The molecule has 0 aromatic carbocycles. The Kier molecular flexibility index (Phi) is 33.3. The molecule has 5 atom stereocenters. The van der Waals surface area contributed by atoms with Crippen molar-refractivity contribution in [1.29, 1.82) is 0 Å². The van der Waals surface area contributed by atoms with Gasteiger partial charge in [0.25, 0.3) is 0 Å². The van der Waals surface area contributed by atoms with E-state index in [4.69, 9.17) is 23.7 Å². The number of carbonyl (C=O) groups is 3. The zero-order chi connectivity index (χ0) is 44.3. The molecule has 0 aromatic heterocycles. The van der Waals surface area contributed by atoms with Gasteiger partial charge in [0.1, 0.15) is 6.10 Å². The summed E-state index contributed by atoms with van der Waals surface area (Å²) in [6, 6.07) is 0. The van der Waals surface area contributed by atoms with Crippen LogP contribution in [0.25, 0.3) is 0 Å². The molecule has 0 spiro atoms. The lowest BCUT2D eigenvalue weighted by molar-refractivity contribution is -0.347. The van der Waals surface area contributed by atoms with Gasteiger partial charge < -0.3 is 28.6 Å². The molecule has 0 aliphatic carbocycles. The third-order valence-electron chi connectivity index (χ3n) is 13.4. The van der Waals surface area contributed by atoms with E-state index in [2.05, 4.69) is 46.4 Å². The normalized spacial score (nSPS) is 19.9. The lowest BCUT2D eigenvalue weighted by Gasteiger charge is -2.49. The minimum absolute atomic E-state index is 0.185. The molecule has 3 fully saturated rings. The average molecular weight is 864 g/mol. The maximum atomic E-state index is 14.0. The Morgan fingerprint density at radius 3 is 1.30 bits per heavy atom. The van der Waals surface area contributed by atoms with E-state index < -0.39 is 30.7 Å². The van der Waals surface area contributed by atoms with Crippen molar-refractivity contribution in [1.82, 2.24) is 4.90 Å². The van der Waals surface area contributed by atoms with Gasteiger partial charge in [-0.3, -0.25) is 14.4 Å². The Balaban J connectivity index is 2.18. The summed E-state index contributed by atoms with van der Waals surface area (Å²) in [6.45, 7) is 16.1. The van der Waals surface area contributed by atoms with Gasteiger partial charge in [-0.25, -0.2) is 0 Å². The lowest BCUT2D eigenvalue weighted by atomic mass is 9.90. The van der Waals surface area contributed by atoms with E-state index in [1.54, 1.807) is 0 Å². The van der Waals surface area contributed by atoms with Gasteiger partial charge in [0.2, 0.25) is 6.29 Å². The first-order valence-electron chi connectivity index (χ1n) is 26.4. The maximum Gasteiger partial charge on any atom is 0.308 e. The number of rotatable bonds is 41. The van der Waals surface area contributed by atoms with Gasteiger partial charge in [0.15, 0.2) is 18.3 Å². The molecule has 5 unspecified atom stereocenters. The van der Waals surface area contributed by atoms with Crippen LogP contribution in [0.1, 0.15) is 247 Å². The van der Waals surface area contributed by atoms with Crippen molar-refractivity contribution in [3.05, 3.63) is 0 Å². The van der Waals surface area contributed by atoms with Crippen LogP contribution < -0.4 is 0 Å². The Hall–Kier alpha value is -1.71. The molecule has 3 saturated heterocycles. The van der Waals surface area contributed by atoms with E-state index in [-0.39, 0.29) is 42.8 Å². The highest BCUT2D eigenvalue weighted by Crippen LogP contribution is 2.36. The maximum absolute atomic E-state index is 14.0. The number of hydrogen-bond acceptors (Lipinski definition) is 9. The quantitative estimate of drug-likeness (QED) is 0.0338. The monoisotopic (exact) mass is 864 g/mol. The van der Waals surface area contributed by atoms with Gasteiger partial charge in [-0.2, -0.15) is 0 Å². The second-order valence-electron chi connectivity index (χ2n) is 18.7. The summed E-state index contributed by atoms with van der Waals surface area (Å²) in [6.07, 6.45) is 30.8. The van der Waals surface area contributed by atoms with Crippen LogP contribution in [0, 0.1) is 11.8 Å². The number of ether oxygens (including phenoxy) is 5. The average Bonchev–Trinajstić information content (AvgIpc) is 3.25. The predicted molar refractivity (Wildman–Crippen MR) is 249 cm³/mol. The van der Waals surface area contributed by atoms with Crippen molar-refractivity contribution in [3.63, 3.8) is 0 Å². The third-order valence-corrected chi connectivity index (χ3v) is 13.4. The molecule has 9 nitrogen and oxygen atoms in total. The van der Waals surface area contributed by atoms with Gasteiger partial charge in [-0.05, 0) is 63.6 Å². The van der Waals surface area contributed by atoms with Gasteiger partial charge in [0.05, 0.1) is 6.61 Å².